The van der Waals surface area contributed by atoms with Gasteiger partial charge in [0.05, 0.1) is 0 Å². The van der Waals surface area contributed by atoms with Gasteiger partial charge in [-0.2, -0.15) is 0 Å². The van der Waals surface area contributed by atoms with Crippen molar-refractivity contribution in [2.45, 2.75) is 66.2 Å². The van der Waals surface area contributed by atoms with Gasteiger partial charge in [0.15, 0.2) is 0 Å². The van der Waals surface area contributed by atoms with Crippen molar-refractivity contribution in [3.63, 3.8) is 0 Å². The molecule has 0 saturated heterocycles. The maximum absolute atomic E-state index is 2.58. The second-order valence-corrected chi connectivity index (χ2v) is 7.60. The maximum Gasteiger partial charge on any atom is -0.0205 e. The molecular formula is C15H26. The number of hydrogen-bond donors (Lipinski definition) is 0. The summed E-state index contributed by atoms with van der Waals surface area (Å²) in [6.07, 6.45) is 9.10. The monoisotopic (exact) mass is 206 g/mol. The lowest BCUT2D eigenvalue weighted by Crippen LogP contribution is -2.55. The predicted octanol–water partition coefficient (Wildman–Crippen LogP) is 4.64. The first-order chi connectivity index (χ1) is 6.94. The van der Waals surface area contributed by atoms with E-state index in [4.69, 9.17) is 0 Å². The topological polar surface area (TPSA) is 0 Å². The summed E-state index contributed by atoms with van der Waals surface area (Å²) in [7, 11) is 0. The Kier molecular flexibility index (Phi) is 1.78. The highest BCUT2D eigenvalue weighted by Crippen LogP contribution is 2.77. The quantitative estimate of drug-likeness (QED) is 0.586. The summed E-state index contributed by atoms with van der Waals surface area (Å²) in [6.45, 7) is 10.0. The van der Waals surface area contributed by atoms with Gasteiger partial charge in [0, 0.05) is 0 Å². The zero-order chi connectivity index (χ0) is 10.9. The first-order valence-electron chi connectivity index (χ1n) is 6.94. The Labute approximate surface area is 94.8 Å². The minimum atomic E-state index is 0.657. The fourth-order valence-electron chi connectivity index (χ4n) is 5.54. The van der Waals surface area contributed by atoms with E-state index in [-0.39, 0.29) is 0 Å². The molecule has 3 saturated carbocycles. The minimum Gasteiger partial charge on any atom is -0.0649 e. The van der Waals surface area contributed by atoms with Gasteiger partial charge in [-0.05, 0) is 60.2 Å². The molecular weight excluding hydrogens is 180 g/mol. The lowest BCUT2D eigenvalue weighted by atomic mass is 9.41. The molecule has 0 aromatic heterocycles. The number of rotatable bonds is 1. The molecule has 0 N–H and O–H groups in total. The summed E-state index contributed by atoms with van der Waals surface area (Å²) >= 11 is 0. The smallest absolute Gasteiger partial charge is 0.0205 e. The first kappa shape index (κ1) is 10.2. The zero-order valence-electron chi connectivity index (χ0n) is 10.9. The van der Waals surface area contributed by atoms with Gasteiger partial charge in [0.2, 0.25) is 0 Å². The second-order valence-electron chi connectivity index (χ2n) is 7.60. The highest BCUT2D eigenvalue weighted by molar-refractivity contribution is 5.18. The van der Waals surface area contributed by atoms with E-state index < -0.39 is 0 Å². The molecule has 0 nitrogen and oxygen atoms in total. The summed E-state index contributed by atoms with van der Waals surface area (Å²) in [6, 6.07) is 0. The van der Waals surface area contributed by atoms with Crippen LogP contribution in [0.5, 0.6) is 0 Å². The van der Waals surface area contributed by atoms with Crippen LogP contribution in [-0.2, 0) is 0 Å². The third-order valence-corrected chi connectivity index (χ3v) is 6.86. The molecule has 3 aliphatic rings. The fraction of sp³-hybridized carbons (Fsp3) is 1.00. The summed E-state index contributed by atoms with van der Waals surface area (Å²) in [5.74, 6) is 2.15. The van der Waals surface area contributed by atoms with Gasteiger partial charge in [-0.1, -0.05) is 34.1 Å². The van der Waals surface area contributed by atoms with Crippen molar-refractivity contribution in [1.82, 2.24) is 0 Å². The molecule has 1 spiro atoms. The van der Waals surface area contributed by atoms with Crippen LogP contribution in [0.15, 0.2) is 0 Å². The Morgan fingerprint density at radius 3 is 2.07 bits per heavy atom. The van der Waals surface area contributed by atoms with E-state index in [9.17, 15) is 0 Å². The Hall–Kier alpha value is 0. The lowest BCUT2D eigenvalue weighted by molar-refractivity contribution is -0.148. The highest BCUT2D eigenvalue weighted by atomic mass is 14.7. The van der Waals surface area contributed by atoms with Crippen LogP contribution in [0, 0.1) is 28.1 Å². The Morgan fingerprint density at radius 1 is 1.00 bits per heavy atom. The minimum absolute atomic E-state index is 0.657. The number of fused-ring (bicyclic) bond motifs is 3. The summed E-state index contributed by atoms with van der Waals surface area (Å²) < 4.78 is 0. The van der Waals surface area contributed by atoms with Crippen molar-refractivity contribution >= 4 is 0 Å². The molecule has 0 amide bonds. The van der Waals surface area contributed by atoms with Gasteiger partial charge in [-0.25, -0.2) is 0 Å². The normalized spacial score (nSPS) is 56.0. The van der Waals surface area contributed by atoms with Gasteiger partial charge in [-0.3, -0.25) is 0 Å². The maximum atomic E-state index is 2.58. The standard InChI is InChI=1S/C15H26/c1-5-14(4)9-15(10-14)12-7-6-11(8-12)13(15,2)3/h11-12H,5-10H2,1-4H3. The van der Waals surface area contributed by atoms with Crippen molar-refractivity contribution < 1.29 is 0 Å². The Bertz CT molecular complexity index is 280. The predicted molar refractivity (Wildman–Crippen MR) is 64.7 cm³/mol. The average molecular weight is 206 g/mol. The molecule has 2 unspecified atom stereocenters. The molecule has 0 aliphatic heterocycles. The molecule has 3 fully saturated rings. The van der Waals surface area contributed by atoms with Gasteiger partial charge < -0.3 is 0 Å². The van der Waals surface area contributed by atoms with E-state index in [2.05, 4.69) is 27.7 Å². The van der Waals surface area contributed by atoms with Crippen LogP contribution in [0.1, 0.15) is 66.2 Å². The lowest BCUT2D eigenvalue weighted by Gasteiger charge is -2.64. The third-order valence-electron chi connectivity index (χ3n) is 6.86. The van der Waals surface area contributed by atoms with Crippen LogP contribution < -0.4 is 0 Å². The molecule has 2 atom stereocenters. The van der Waals surface area contributed by atoms with Crippen LogP contribution in [0.3, 0.4) is 0 Å². The van der Waals surface area contributed by atoms with Crippen LogP contribution in [0.4, 0.5) is 0 Å². The first-order valence-corrected chi connectivity index (χ1v) is 6.94. The fourth-order valence-corrected chi connectivity index (χ4v) is 5.54. The van der Waals surface area contributed by atoms with Crippen molar-refractivity contribution in [3.05, 3.63) is 0 Å². The van der Waals surface area contributed by atoms with E-state index >= 15 is 0 Å². The molecule has 0 heteroatoms. The average Bonchev–Trinajstić information content (AvgIpc) is 2.66. The van der Waals surface area contributed by atoms with E-state index in [1.54, 1.807) is 12.8 Å². The molecule has 0 heterocycles. The molecule has 0 aromatic rings. The molecule has 15 heavy (non-hydrogen) atoms. The van der Waals surface area contributed by atoms with Crippen LogP contribution in [0.2, 0.25) is 0 Å². The van der Waals surface area contributed by atoms with E-state index in [0.29, 0.717) is 10.8 Å². The van der Waals surface area contributed by atoms with Crippen LogP contribution >= 0.6 is 0 Å². The molecule has 86 valence electrons. The number of hydrogen-bond acceptors (Lipinski definition) is 0. The molecule has 0 aromatic carbocycles. The summed E-state index contributed by atoms with van der Waals surface area (Å²) in [4.78, 5) is 0. The van der Waals surface area contributed by atoms with E-state index in [0.717, 1.165) is 17.3 Å². The van der Waals surface area contributed by atoms with Gasteiger partial charge >= 0.3 is 0 Å². The van der Waals surface area contributed by atoms with Crippen molar-refractivity contribution in [2.24, 2.45) is 28.1 Å². The summed E-state index contributed by atoms with van der Waals surface area (Å²) in [5, 5.41) is 0. The Morgan fingerprint density at radius 2 is 1.60 bits per heavy atom. The van der Waals surface area contributed by atoms with Crippen LogP contribution in [0.25, 0.3) is 0 Å². The summed E-state index contributed by atoms with van der Waals surface area (Å²) in [5.41, 5.74) is 2.12. The molecule has 3 rings (SSSR count). The van der Waals surface area contributed by atoms with E-state index in [1.807, 2.05) is 0 Å². The van der Waals surface area contributed by atoms with Gasteiger partial charge in [-0.15, -0.1) is 0 Å². The highest BCUT2D eigenvalue weighted by Gasteiger charge is 2.69. The Balaban J connectivity index is 1.89. The van der Waals surface area contributed by atoms with Gasteiger partial charge in [0.1, 0.15) is 0 Å². The van der Waals surface area contributed by atoms with Crippen molar-refractivity contribution in [2.75, 3.05) is 0 Å². The van der Waals surface area contributed by atoms with E-state index in [1.165, 1.54) is 25.7 Å². The second kappa shape index (κ2) is 2.63. The molecule has 3 aliphatic carbocycles. The zero-order valence-corrected chi connectivity index (χ0v) is 10.9. The SMILES string of the molecule is CCC1(C)CC2(C1)C1CCC(C1)C2(C)C. The van der Waals surface area contributed by atoms with Crippen molar-refractivity contribution in [3.8, 4) is 0 Å². The largest absolute Gasteiger partial charge is 0.0649 e. The van der Waals surface area contributed by atoms with Crippen molar-refractivity contribution in [1.29, 1.82) is 0 Å². The van der Waals surface area contributed by atoms with Crippen LogP contribution in [-0.4, -0.2) is 0 Å². The molecule has 0 radical (unpaired) electrons. The third kappa shape index (κ3) is 0.996. The molecule has 2 bridgehead atoms. The van der Waals surface area contributed by atoms with Gasteiger partial charge in [0.25, 0.3) is 0 Å².